The van der Waals surface area contributed by atoms with Gasteiger partial charge in [-0.2, -0.15) is 0 Å². The minimum Gasteiger partial charge on any atom is -0.370 e. The molecule has 144 valence electrons. The summed E-state index contributed by atoms with van der Waals surface area (Å²) >= 11 is 0. The van der Waals surface area contributed by atoms with Crippen molar-refractivity contribution in [3.05, 3.63) is 0 Å². The summed E-state index contributed by atoms with van der Waals surface area (Å²) in [5.74, 6) is -0.149. The van der Waals surface area contributed by atoms with E-state index in [1.165, 1.54) is 19.3 Å². The monoisotopic (exact) mass is 354 g/mol. The number of hydrogen-bond acceptors (Lipinski definition) is 4. The molecule has 2 amide bonds. The van der Waals surface area contributed by atoms with Crippen molar-refractivity contribution in [2.24, 2.45) is 16.5 Å². The summed E-state index contributed by atoms with van der Waals surface area (Å²) in [5, 5.41) is 5.75. The average molecular weight is 354 g/mol. The van der Waals surface area contributed by atoms with E-state index in [0.717, 1.165) is 19.3 Å². The molecule has 1 heterocycles. The molecule has 1 rings (SSSR count). The molecule has 0 aromatic heterocycles. The van der Waals surface area contributed by atoms with Gasteiger partial charge in [-0.05, 0) is 26.3 Å². The number of carbonyl (C=O) groups excluding carboxylic acids is 2. The number of nitrogens with zero attached hydrogens (tertiary/aromatic N) is 2. The molecule has 1 aliphatic heterocycles. The molecule has 1 aliphatic rings. The molecule has 0 spiro atoms. The number of hydrogen-bond donors (Lipinski definition) is 4. The van der Waals surface area contributed by atoms with E-state index in [-0.39, 0.29) is 23.8 Å². The van der Waals surface area contributed by atoms with E-state index in [9.17, 15) is 9.59 Å². The quantitative estimate of drug-likeness (QED) is 0.235. The van der Waals surface area contributed by atoms with Gasteiger partial charge >= 0.3 is 0 Å². The highest BCUT2D eigenvalue weighted by Crippen LogP contribution is 2.12. The minimum atomic E-state index is -0.484. The van der Waals surface area contributed by atoms with Crippen LogP contribution in [0.2, 0.25) is 0 Å². The summed E-state index contributed by atoms with van der Waals surface area (Å²) in [7, 11) is 1.87. The van der Waals surface area contributed by atoms with Crippen molar-refractivity contribution in [3.8, 4) is 0 Å². The van der Waals surface area contributed by atoms with Gasteiger partial charge in [-0.3, -0.25) is 19.5 Å². The Bertz CT molecular complexity index is 450. The van der Waals surface area contributed by atoms with Gasteiger partial charge in [-0.15, -0.1) is 0 Å². The number of carbonyl (C=O) groups is 2. The molecule has 0 unspecified atom stereocenters. The summed E-state index contributed by atoms with van der Waals surface area (Å²) in [6.45, 7) is 3.86. The normalized spacial score (nSPS) is 20.8. The van der Waals surface area contributed by atoms with Crippen LogP contribution < -0.4 is 22.1 Å². The predicted molar refractivity (Wildman–Crippen MR) is 100 cm³/mol. The Labute approximate surface area is 150 Å². The maximum absolute atomic E-state index is 12.3. The molecule has 0 radical (unpaired) electrons. The first-order valence-electron chi connectivity index (χ1n) is 9.29. The van der Waals surface area contributed by atoms with E-state index < -0.39 is 6.04 Å². The van der Waals surface area contributed by atoms with Crippen LogP contribution in [0.4, 0.5) is 0 Å². The maximum atomic E-state index is 12.3. The van der Waals surface area contributed by atoms with Crippen molar-refractivity contribution in [1.29, 1.82) is 0 Å². The Balaban J connectivity index is 2.30. The van der Waals surface area contributed by atoms with Crippen LogP contribution in [0, 0.1) is 0 Å². The zero-order valence-corrected chi connectivity index (χ0v) is 15.6. The van der Waals surface area contributed by atoms with Gasteiger partial charge in [0.1, 0.15) is 6.04 Å². The first kappa shape index (κ1) is 21.2. The number of amides is 2. The number of guanidine groups is 1. The molecular weight excluding hydrogens is 320 g/mol. The van der Waals surface area contributed by atoms with Gasteiger partial charge in [-0.1, -0.05) is 32.6 Å². The molecule has 0 aromatic carbocycles. The molecule has 2 atom stereocenters. The van der Waals surface area contributed by atoms with E-state index >= 15 is 0 Å². The highest BCUT2D eigenvalue weighted by molar-refractivity contribution is 5.91. The zero-order chi connectivity index (χ0) is 18.7. The van der Waals surface area contributed by atoms with Crippen LogP contribution in [0.25, 0.3) is 0 Å². The topological polar surface area (TPSA) is 126 Å². The highest BCUT2D eigenvalue weighted by Gasteiger charge is 2.34. The molecular formula is C17H34N6O2. The number of rotatable bonds is 11. The summed E-state index contributed by atoms with van der Waals surface area (Å²) in [5.41, 5.74) is 10.6. The fourth-order valence-corrected chi connectivity index (χ4v) is 2.99. The molecule has 1 saturated heterocycles. The van der Waals surface area contributed by atoms with Crippen molar-refractivity contribution >= 4 is 17.8 Å². The van der Waals surface area contributed by atoms with Crippen molar-refractivity contribution in [2.45, 2.75) is 64.0 Å². The lowest BCUT2D eigenvalue weighted by atomic mass is 10.0. The number of nitrogens with two attached hydrogens (primary N) is 2. The highest BCUT2D eigenvalue weighted by atomic mass is 16.2. The van der Waals surface area contributed by atoms with Crippen LogP contribution in [-0.4, -0.2) is 61.4 Å². The fraction of sp³-hybridized carbons (Fsp3) is 0.824. The molecule has 8 heteroatoms. The van der Waals surface area contributed by atoms with Gasteiger partial charge in [0.05, 0.1) is 6.04 Å². The minimum absolute atomic E-state index is 0.0629. The summed E-state index contributed by atoms with van der Waals surface area (Å²) in [4.78, 5) is 30.4. The number of unbranched alkanes of at least 4 members (excludes halogenated alkanes) is 4. The number of likely N-dealkylation sites (N-methyl/N-ethyl adjacent to an activating group) is 1. The first-order chi connectivity index (χ1) is 12.0. The molecule has 25 heavy (non-hydrogen) atoms. The third-order valence-corrected chi connectivity index (χ3v) is 4.45. The molecule has 1 fully saturated rings. The van der Waals surface area contributed by atoms with Gasteiger partial charge in [0.25, 0.3) is 0 Å². The van der Waals surface area contributed by atoms with E-state index in [1.807, 2.05) is 11.9 Å². The van der Waals surface area contributed by atoms with Crippen LogP contribution >= 0.6 is 0 Å². The van der Waals surface area contributed by atoms with Crippen LogP contribution in [-0.2, 0) is 9.59 Å². The molecule has 0 aliphatic carbocycles. The lowest BCUT2D eigenvalue weighted by Gasteiger charge is -2.36. The van der Waals surface area contributed by atoms with E-state index in [2.05, 4.69) is 22.5 Å². The fourth-order valence-electron chi connectivity index (χ4n) is 2.99. The smallest absolute Gasteiger partial charge is 0.243 e. The Morgan fingerprint density at radius 1 is 1.28 bits per heavy atom. The Kier molecular flexibility index (Phi) is 9.91. The largest absolute Gasteiger partial charge is 0.370 e. The summed E-state index contributed by atoms with van der Waals surface area (Å²) in [6, 6.07) is -0.727. The van der Waals surface area contributed by atoms with Gasteiger partial charge in [-0.25, -0.2) is 0 Å². The molecule has 8 nitrogen and oxygen atoms in total. The van der Waals surface area contributed by atoms with Gasteiger partial charge in [0.2, 0.25) is 11.8 Å². The van der Waals surface area contributed by atoms with Crippen LogP contribution in [0.1, 0.15) is 51.9 Å². The predicted octanol–water partition coefficient (Wildman–Crippen LogP) is -0.0746. The van der Waals surface area contributed by atoms with Crippen LogP contribution in [0.15, 0.2) is 4.99 Å². The Morgan fingerprint density at radius 3 is 2.64 bits per heavy atom. The van der Waals surface area contributed by atoms with Gasteiger partial charge in [0, 0.05) is 19.6 Å². The summed E-state index contributed by atoms with van der Waals surface area (Å²) in [6.07, 6.45) is 7.14. The van der Waals surface area contributed by atoms with Gasteiger partial charge in [0.15, 0.2) is 5.96 Å². The lowest BCUT2D eigenvalue weighted by molar-refractivity contribution is -0.136. The standard InChI is InChI=1S/C17H34N6O2/c1-3-4-5-6-7-10-20-15(24)13-12-23(2)14(16(25)22-13)9-8-11-21-17(18)19/h13-14H,3-12H2,1-2H3,(H,20,24)(H,22,25)(H4,18,19,21)/t13-,14+/m1/s1. The molecule has 0 aromatic rings. The number of aliphatic imine (C=N–C) groups is 1. The Morgan fingerprint density at radius 2 is 2.00 bits per heavy atom. The second kappa shape index (κ2) is 11.7. The van der Waals surface area contributed by atoms with Gasteiger partial charge < -0.3 is 22.1 Å². The van der Waals surface area contributed by atoms with Crippen molar-refractivity contribution < 1.29 is 9.59 Å². The second-order valence-electron chi connectivity index (χ2n) is 6.67. The first-order valence-corrected chi connectivity index (χ1v) is 9.29. The SMILES string of the molecule is CCCCCCCNC(=O)[C@H]1CN(C)[C@@H](CCCN=C(N)N)C(=O)N1. The van der Waals surface area contributed by atoms with Crippen LogP contribution in [0.3, 0.4) is 0 Å². The molecule has 6 N–H and O–H groups in total. The van der Waals surface area contributed by atoms with Crippen molar-refractivity contribution in [2.75, 3.05) is 26.7 Å². The summed E-state index contributed by atoms with van der Waals surface area (Å²) < 4.78 is 0. The molecule has 0 bridgehead atoms. The maximum Gasteiger partial charge on any atom is 0.243 e. The van der Waals surface area contributed by atoms with E-state index in [0.29, 0.717) is 26.1 Å². The third kappa shape index (κ3) is 8.20. The molecule has 0 saturated carbocycles. The van der Waals surface area contributed by atoms with E-state index in [1.54, 1.807) is 0 Å². The van der Waals surface area contributed by atoms with Crippen LogP contribution in [0.5, 0.6) is 0 Å². The average Bonchev–Trinajstić information content (AvgIpc) is 2.56. The van der Waals surface area contributed by atoms with E-state index in [4.69, 9.17) is 11.5 Å². The second-order valence-corrected chi connectivity index (χ2v) is 6.67. The zero-order valence-electron chi connectivity index (χ0n) is 15.6. The lowest BCUT2D eigenvalue weighted by Crippen LogP contribution is -2.63. The van der Waals surface area contributed by atoms with Crippen molar-refractivity contribution in [1.82, 2.24) is 15.5 Å². The number of piperazine rings is 1. The third-order valence-electron chi connectivity index (χ3n) is 4.45. The Hall–Kier alpha value is -1.83. The number of nitrogens with one attached hydrogen (secondary N) is 2. The van der Waals surface area contributed by atoms with Crippen molar-refractivity contribution in [3.63, 3.8) is 0 Å².